The number of halogens is 4. The number of alkyl halides is 3. The van der Waals surface area contributed by atoms with Crippen LogP contribution in [-0.2, 0) is 10.9 Å². The van der Waals surface area contributed by atoms with Crippen molar-refractivity contribution in [2.24, 2.45) is 10.7 Å². The van der Waals surface area contributed by atoms with E-state index >= 15 is 0 Å². The lowest BCUT2D eigenvalue weighted by Crippen LogP contribution is -2.37. The number of rotatable bonds is 8. The Hall–Kier alpha value is -4.36. The molecule has 14 heteroatoms. The smallest absolute Gasteiger partial charge is 0.420 e. The lowest BCUT2D eigenvalue weighted by molar-refractivity contribution is -0.138. The Kier molecular flexibility index (Phi) is 8.75. The van der Waals surface area contributed by atoms with Gasteiger partial charge in [0.05, 0.1) is 48.5 Å². The lowest BCUT2D eigenvalue weighted by Gasteiger charge is -2.27. The predicted octanol–water partition coefficient (Wildman–Crippen LogP) is 4.84. The van der Waals surface area contributed by atoms with Gasteiger partial charge in [-0.05, 0) is 42.6 Å². The fourth-order valence-electron chi connectivity index (χ4n) is 3.83. The number of benzene rings is 2. The van der Waals surface area contributed by atoms with Crippen molar-refractivity contribution in [1.82, 2.24) is 9.97 Å². The summed E-state index contributed by atoms with van der Waals surface area (Å²) in [5.41, 5.74) is 6.18. The van der Waals surface area contributed by atoms with Gasteiger partial charge in [0.2, 0.25) is 5.95 Å². The van der Waals surface area contributed by atoms with Crippen LogP contribution >= 0.6 is 11.6 Å². The number of amidine groups is 1. The molecule has 0 bridgehead atoms. The first-order chi connectivity index (χ1) is 19.1. The molecule has 0 aliphatic carbocycles. The molecule has 0 atom stereocenters. The number of hydrogen-bond donors (Lipinski definition) is 3. The maximum absolute atomic E-state index is 13.4. The molecule has 40 heavy (non-hydrogen) atoms. The van der Waals surface area contributed by atoms with E-state index in [2.05, 4.69) is 32.2 Å². The molecule has 0 radical (unpaired) electrons. The van der Waals surface area contributed by atoms with E-state index in [1.165, 1.54) is 30.5 Å². The van der Waals surface area contributed by atoms with E-state index < -0.39 is 17.6 Å². The van der Waals surface area contributed by atoms with Crippen molar-refractivity contribution < 1.29 is 27.4 Å². The Morgan fingerprint density at radius 2 is 2.00 bits per heavy atom. The molecule has 0 unspecified atom stereocenters. The van der Waals surface area contributed by atoms with Gasteiger partial charge in [0, 0.05) is 24.3 Å². The molecule has 210 valence electrons. The van der Waals surface area contributed by atoms with Crippen LogP contribution in [-0.4, -0.2) is 55.1 Å². The standard InChI is InChI=1S/C26H25ClF3N7O3/c1-3-32-20-14-33-25(37-8-10-40-11-9-37)36-22(20)23(31)35-19-12-15(4-6-18(19)27)24(38)34-16-5-7-21(39-2)17(13-16)26(28,29)30/h3-7,12-14,32H,1,8-11H2,2H3,(H2,31,35)(H,34,38). The minimum absolute atomic E-state index is 0.0225. The molecule has 3 aromatic rings. The Labute approximate surface area is 232 Å². The number of aromatic nitrogens is 2. The fourth-order valence-corrected chi connectivity index (χ4v) is 3.99. The van der Waals surface area contributed by atoms with Gasteiger partial charge in [0.25, 0.3) is 5.91 Å². The van der Waals surface area contributed by atoms with Gasteiger partial charge in [-0.25, -0.2) is 15.0 Å². The number of amides is 1. The normalized spacial score (nSPS) is 14.0. The number of anilines is 3. The second-order valence-corrected chi connectivity index (χ2v) is 8.82. The third-order valence-electron chi connectivity index (χ3n) is 5.78. The molecule has 1 aliphatic rings. The molecule has 0 saturated carbocycles. The number of hydrogen-bond acceptors (Lipinski definition) is 8. The van der Waals surface area contributed by atoms with Crippen LogP contribution in [0.25, 0.3) is 0 Å². The van der Waals surface area contributed by atoms with E-state index in [0.717, 1.165) is 19.2 Å². The van der Waals surface area contributed by atoms with E-state index in [1.54, 1.807) is 6.20 Å². The first-order valence-electron chi connectivity index (χ1n) is 11.9. The summed E-state index contributed by atoms with van der Waals surface area (Å²) < 4.78 is 50.3. The van der Waals surface area contributed by atoms with Gasteiger partial charge in [0.15, 0.2) is 5.84 Å². The number of ether oxygens (including phenoxy) is 2. The van der Waals surface area contributed by atoms with Crippen LogP contribution in [0.4, 0.5) is 36.2 Å². The molecule has 1 amide bonds. The van der Waals surface area contributed by atoms with Gasteiger partial charge in [0.1, 0.15) is 11.4 Å². The second-order valence-electron chi connectivity index (χ2n) is 8.41. The fraction of sp³-hybridized carbons (Fsp3) is 0.231. The van der Waals surface area contributed by atoms with Crippen LogP contribution in [0.1, 0.15) is 21.6 Å². The Balaban J connectivity index is 1.63. The summed E-state index contributed by atoms with van der Waals surface area (Å²) in [6.07, 6.45) is -1.69. The Morgan fingerprint density at radius 1 is 1.25 bits per heavy atom. The van der Waals surface area contributed by atoms with Gasteiger partial charge in [-0.1, -0.05) is 18.2 Å². The van der Waals surface area contributed by atoms with Crippen LogP contribution in [0.5, 0.6) is 5.75 Å². The monoisotopic (exact) mass is 575 g/mol. The van der Waals surface area contributed by atoms with Crippen molar-refractivity contribution in [2.75, 3.05) is 48.9 Å². The summed E-state index contributed by atoms with van der Waals surface area (Å²) in [5, 5.41) is 5.55. The van der Waals surface area contributed by atoms with Crippen LogP contribution in [0.3, 0.4) is 0 Å². The zero-order valence-corrected chi connectivity index (χ0v) is 22.0. The van der Waals surface area contributed by atoms with E-state index in [1.807, 2.05) is 4.90 Å². The van der Waals surface area contributed by atoms with Crippen molar-refractivity contribution in [2.45, 2.75) is 6.18 Å². The number of aliphatic imine (C=N–C) groups is 1. The number of nitrogens with zero attached hydrogens (tertiary/aromatic N) is 4. The molecule has 0 spiro atoms. The third kappa shape index (κ3) is 6.61. The first-order valence-corrected chi connectivity index (χ1v) is 12.3. The number of nitrogens with two attached hydrogens (primary N) is 1. The minimum Gasteiger partial charge on any atom is -0.496 e. The van der Waals surface area contributed by atoms with Crippen molar-refractivity contribution in [1.29, 1.82) is 0 Å². The van der Waals surface area contributed by atoms with Gasteiger partial charge in [-0.3, -0.25) is 4.79 Å². The summed E-state index contributed by atoms with van der Waals surface area (Å²) in [6, 6.07) is 7.42. The van der Waals surface area contributed by atoms with Crippen LogP contribution in [0.2, 0.25) is 5.02 Å². The largest absolute Gasteiger partial charge is 0.496 e. The molecule has 1 aromatic heterocycles. The average molecular weight is 576 g/mol. The highest BCUT2D eigenvalue weighted by Crippen LogP contribution is 2.38. The quantitative estimate of drug-likeness (QED) is 0.257. The molecule has 1 saturated heterocycles. The Morgan fingerprint density at radius 3 is 2.67 bits per heavy atom. The minimum atomic E-state index is -4.67. The SMILES string of the molecule is C=CNc1cnc(N2CCOCC2)nc1C(N)=Nc1cc(C(=O)Nc2ccc(OC)c(C(F)(F)F)c2)ccc1Cl. The van der Waals surface area contributed by atoms with Crippen molar-refractivity contribution in [3.63, 3.8) is 0 Å². The summed E-state index contributed by atoms with van der Waals surface area (Å²) in [6.45, 7) is 5.93. The van der Waals surface area contributed by atoms with Gasteiger partial charge in [-0.15, -0.1) is 0 Å². The van der Waals surface area contributed by atoms with Crippen molar-refractivity contribution in [3.05, 3.63) is 77.2 Å². The predicted molar refractivity (Wildman–Crippen MR) is 147 cm³/mol. The molecule has 4 rings (SSSR count). The number of methoxy groups -OCH3 is 1. The summed E-state index contributed by atoms with van der Waals surface area (Å²) >= 11 is 6.33. The number of morpholine rings is 1. The zero-order valence-electron chi connectivity index (χ0n) is 21.3. The maximum atomic E-state index is 13.4. The highest BCUT2D eigenvalue weighted by molar-refractivity contribution is 6.33. The van der Waals surface area contributed by atoms with Crippen molar-refractivity contribution in [3.8, 4) is 5.75 Å². The number of carbonyl (C=O) groups excluding carboxylic acids is 1. The van der Waals surface area contributed by atoms with Gasteiger partial charge in [-0.2, -0.15) is 13.2 Å². The summed E-state index contributed by atoms with van der Waals surface area (Å²) in [5.74, 6) is -0.639. The Bertz CT molecular complexity index is 1440. The molecule has 4 N–H and O–H groups in total. The highest BCUT2D eigenvalue weighted by Gasteiger charge is 2.34. The molecule has 1 aliphatic heterocycles. The first kappa shape index (κ1) is 28.6. The number of carbonyl (C=O) groups is 1. The zero-order chi connectivity index (χ0) is 28.9. The van der Waals surface area contributed by atoms with Crippen LogP contribution in [0.15, 0.2) is 60.4 Å². The molecule has 10 nitrogen and oxygen atoms in total. The maximum Gasteiger partial charge on any atom is 0.420 e. The molecule has 1 fully saturated rings. The molecular formula is C26H25ClF3N7O3. The highest BCUT2D eigenvalue weighted by atomic mass is 35.5. The van der Waals surface area contributed by atoms with Crippen molar-refractivity contribution >= 4 is 46.4 Å². The topological polar surface area (TPSA) is 127 Å². The summed E-state index contributed by atoms with van der Waals surface area (Å²) in [4.78, 5) is 28.2. The molecule has 2 aromatic carbocycles. The van der Waals surface area contributed by atoms with Crippen LogP contribution in [0, 0.1) is 0 Å². The number of nitrogens with one attached hydrogen (secondary N) is 2. The summed E-state index contributed by atoms with van der Waals surface area (Å²) in [7, 11) is 1.13. The van der Waals surface area contributed by atoms with E-state index in [4.69, 9.17) is 26.8 Å². The molecular weight excluding hydrogens is 551 g/mol. The van der Waals surface area contributed by atoms with Gasteiger partial charge >= 0.3 is 6.18 Å². The van der Waals surface area contributed by atoms with E-state index in [0.29, 0.717) is 37.9 Å². The van der Waals surface area contributed by atoms with E-state index in [9.17, 15) is 18.0 Å². The van der Waals surface area contributed by atoms with Gasteiger partial charge < -0.3 is 30.7 Å². The lowest BCUT2D eigenvalue weighted by atomic mass is 10.1. The van der Waals surface area contributed by atoms with Crippen LogP contribution < -0.4 is 26.0 Å². The third-order valence-corrected chi connectivity index (χ3v) is 6.10. The second kappa shape index (κ2) is 12.2. The molecule has 2 heterocycles. The average Bonchev–Trinajstić information content (AvgIpc) is 2.94. The van der Waals surface area contributed by atoms with E-state index in [-0.39, 0.29) is 39.2 Å².